The first kappa shape index (κ1) is 16.6. The molecule has 0 saturated carbocycles. The number of urea groups is 1. The van der Waals surface area contributed by atoms with Crippen LogP contribution >= 0.6 is 11.6 Å². The van der Waals surface area contributed by atoms with Gasteiger partial charge < -0.3 is 15.0 Å². The van der Waals surface area contributed by atoms with Gasteiger partial charge in [0.2, 0.25) is 0 Å². The predicted octanol–water partition coefficient (Wildman–Crippen LogP) is 2.34. The second-order valence-corrected chi connectivity index (χ2v) is 6.75. The van der Waals surface area contributed by atoms with Crippen molar-refractivity contribution in [1.82, 2.24) is 15.1 Å². The van der Waals surface area contributed by atoms with Crippen molar-refractivity contribution < 1.29 is 9.53 Å². The molecule has 0 spiro atoms. The molecule has 126 valence electrons. The summed E-state index contributed by atoms with van der Waals surface area (Å²) in [5.41, 5.74) is 1.06. The molecule has 0 radical (unpaired) electrons. The molecule has 3 rings (SSSR count). The number of nitrogens with zero attached hydrogens (tertiary/aromatic N) is 2. The lowest BCUT2D eigenvalue weighted by atomic mass is 10.0. The average molecular weight is 338 g/mol. The second-order valence-electron chi connectivity index (χ2n) is 6.32. The number of benzene rings is 1. The second kappa shape index (κ2) is 7.51. The average Bonchev–Trinajstić information content (AvgIpc) is 2.53. The number of amides is 2. The summed E-state index contributed by atoms with van der Waals surface area (Å²) in [5.74, 6) is 0. The van der Waals surface area contributed by atoms with Crippen LogP contribution in [0.5, 0.6) is 0 Å². The van der Waals surface area contributed by atoms with Gasteiger partial charge in [0.05, 0.1) is 6.10 Å². The molecule has 2 heterocycles. The Labute approximate surface area is 142 Å². The van der Waals surface area contributed by atoms with E-state index in [4.69, 9.17) is 16.3 Å². The van der Waals surface area contributed by atoms with Crippen molar-refractivity contribution in [3.63, 3.8) is 0 Å². The molecular formula is C17H24ClN3O2. The fourth-order valence-corrected chi connectivity index (χ4v) is 3.35. The van der Waals surface area contributed by atoms with Crippen LogP contribution in [0.2, 0.25) is 5.02 Å². The summed E-state index contributed by atoms with van der Waals surface area (Å²) in [5, 5.41) is 3.68. The first-order chi connectivity index (χ1) is 11.2. The number of carbonyl (C=O) groups excluding carboxylic acids is 1. The third-order valence-corrected chi connectivity index (χ3v) is 5.08. The van der Waals surface area contributed by atoms with Crippen molar-refractivity contribution >= 4 is 17.6 Å². The maximum absolute atomic E-state index is 12.1. The lowest BCUT2D eigenvalue weighted by Crippen LogP contribution is -2.64. The molecule has 5 nitrogen and oxygen atoms in total. The van der Waals surface area contributed by atoms with Crippen LogP contribution in [-0.4, -0.2) is 61.3 Å². The van der Waals surface area contributed by atoms with Gasteiger partial charge in [0.25, 0.3) is 0 Å². The van der Waals surface area contributed by atoms with Crippen molar-refractivity contribution in [2.24, 2.45) is 0 Å². The highest BCUT2D eigenvalue weighted by Crippen LogP contribution is 2.21. The standard InChI is InChI=1S/C17H24ClN3O2/c1-23-16-6-8-20(9-7-16)15-11-21(12-15)17(22)19-10-13-2-4-14(18)5-3-13/h2-5,15-16H,6-12H2,1H3,(H,19,22). The van der Waals surface area contributed by atoms with Gasteiger partial charge in [0, 0.05) is 50.9 Å². The Morgan fingerprint density at radius 2 is 1.91 bits per heavy atom. The van der Waals surface area contributed by atoms with Crippen molar-refractivity contribution in [3.8, 4) is 0 Å². The van der Waals surface area contributed by atoms with Gasteiger partial charge in [0.15, 0.2) is 0 Å². The predicted molar refractivity (Wildman–Crippen MR) is 90.7 cm³/mol. The Kier molecular flexibility index (Phi) is 5.41. The molecule has 23 heavy (non-hydrogen) atoms. The van der Waals surface area contributed by atoms with Crippen molar-refractivity contribution in [2.45, 2.75) is 31.5 Å². The van der Waals surface area contributed by atoms with Gasteiger partial charge in [-0.05, 0) is 30.5 Å². The van der Waals surface area contributed by atoms with E-state index in [-0.39, 0.29) is 6.03 Å². The molecule has 2 saturated heterocycles. The van der Waals surface area contributed by atoms with Crippen LogP contribution in [0.25, 0.3) is 0 Å². The highest BCUT2D eigenvalue weighted by Gasteiger charge is 2.36. The lowest BCUT2D eigenvalue weighted by Gasteiger charge is -2.47. The number of halogens is 1. The smallest absolute Gasteiger partial charge is 0.317 e. The summed E-state index contributed by atoms with van der Waals surface area (Å²) in [6.07, 6.45) is 2.59. The molecule has 2 amide bonds. The molecule has 1 aromatic rings. The van der Waals surface area contributed by atoms with Crippen LogP contribution < -0.4 is 5.32 Å². The molecule has 1 N–H and O–H groups in total. The number of nitrogens with one attached hydrogen (secondary N) is 1. The Hall–Kier alpha value is -1.30. The maximum Gasteiger partial charge on any atom is 0.317 e. The molecule has 0 aromatic heterocycles. The molecule has 6 heteroatoms. The Morgan fingerprint density at radius 1 is 1.26 bits per heavy atom. The van der Waals surface area contributed by atoms with E-state index in [1.807, 2.05) is 29.2 Å². The van der Waals surface area contributed by atoms with E-state index >= 15 is 0 Å². The van der Waals surface area contributed by atoms with Crippen molar-refractivity contribution in [3.05, 3.63) is 34.9 Å². The molecule has 0 unspecified atom stereocenters. The summed E-state index contributed by atoms with van der Waals surface area (Å²) in [6.45, 7) is 4.33. The largest absolute Gasteiger partial charge is 0.381 e. The van der Waals surface area contributed by atoms with Crippen LogP contribution in [-0.2, 0) is 11.3 Å². The molecule has 0 aliphatic carbocycles. The van der Waals surface area contributed by atoms with Crippen LogP contribution in [0.15, 0.2) is 24.3 Å². The SMILES string of the molecule is COC1CCN(C2CN(C(=O)NCc3ccc(Cl)cc3)C2)CC1. The highest BCUT2D eigenvalue weighted by atomic mass is 35.5. The number of likely N-dealkylation sites (tertiary alicyclic amines) is 2. The summed E-state index contributed by atoms with van der Waals surface area (Å²) < 4.78 is 5.40. The van der Waals surface area contributed by atoms with Gasteiger partial charge in [-0.15, -0.1) is 0 Å². The normalized spacial score (nSPS) is 20.3. The number of hydrogen-bond donors (Lipinski definition) is 1. The van der Waals surface area contributed by atoms with Crippen LogP contribution in [0.3, 0.4) is 0 Å². The summed E-state index contributed by atoms with van der Waals surface area (Å²) in [4.78, 5) is 16.5. The van der Waals surface area contributed by atoms with Crippen molar-refractivity contribution in [2.75, 3.05) is 33.3 Å². The number of piperidine rings is 1. The Morgan fingerprint density at radius 3 is 2.52 bits per heavy atom. The summed E-state index contributed by atoms with van der Waals surface area (Å²) in [6, 6.07) is 8.07. The van der Waals surface area contributed by atoms with E-state index in [9.17, 15) is 4.79 Å². The third kappa shape index (κ3) is 4.16. The minimum atomic E-state index is 0.0166. The zero-order chi connectivity index (χ0) is 16.2. The number of ether oxygens (including phenoxy) is 1. The molecule has 2 aliphatic rings. The van der Waals surface area contributed by atoms with Gasteiger partial charge in [-0.25, -0.2) is 4.79 Å². The number of methoxy groups -OCH3 is 1. The first-order valence-electron chi connectivity index (χ1n) is 8.20. The molecule has 2 fully saturated rings. The van der Waals surface area contributed by atoms with Crippen LogP contribution in [0.4, 0.5) is 4.79 Å². The molecule has 0 atom stereocenters. The summed E-state index contributed by atoms with van der Waals surface area (Å²) in [7, 11) is 1.79. The quantitative estimate of drug-likeness (QED) is 0.917. The van der Waals surface area contributed by atoms with E-state index in [1.54, 1.807) is 7.11 Å². The van der Waals surface area contributed by atoms with Gasteiger partial charge in [-0.2, -0.15) is 0 Å². The highest BCUT2D eigenvalue weighted by molar-refractivity contribution is 6.30. The number of carbonyl (C=O) groups is 1. The number of rotatable bonds is 4. The third-order valence-electron chi connectivity index (χ3n) is 4.83. The molecular weight excluding hydrogens is 314 g/mol. The number of hydrogen-bond acceptors (Lipinski definition) is 3. The monoisotopic (exact) mass is 337 g/mol. The van der Waals surface area contributed by atoms with E-state index in [1.165, 1.54) is 0 Å². The molecule has 0 bridgehead atoms. The van der Waals surface area contributed by atoms with Gasteiger partial charge >= 0.3 is 6.03 Å². The van der Waals surface area contributed by atoms with Crippen molar-refractivity contribution in [1.29, 1.82) is 0 Å². The van der Waals surface area contributed by atoms with Crippen LogP contribution in [0.1, 0.15) is 18.4 Å². The van der Waals surface area contributed by atoms with E-state index in [0.717, 1.165) is 44.6 Å². The summed E-state index contributed by atoms with van der Waals surface area (Å²) >= 11 is 5.86. The fraction of sp³-hybridized carbons (Fsp3) is 0.588. The minimum Gasteiger partial charge on any atom is -0.381 e. The Bertz CT molecular complexity index is 523. The molecule has 1 aromatic carbocycles. The van der Waals surface area contributed by atoms with Gasteiger partial charge in [-0.3, -0.25) is 4.90 Å². The topological polar surface area (TPSA) is 44.8 Å². The van der Waals surface area contributed by atoms with Gasteiger partial charge in [0.1, 0.15) is 0 Å². The zero-order valence-electron chi connectivity index (χ0n) is 13.5. The zero-order valence-corrected chi connectivity index (χ0v) is 14.3. The lowest BCUT2D eigenvalue weighted by molar-refractivity contribution is -0.00518. The maximum atomic E-state index is 12.1. The minimum absolute atomic E-state index is 0.0166. The first-order valence-corrected chi connectivity index (χ1v) is 8.57. The van der Waals surface area contributed by atoms with E-state index in [0.29, 0.717) is 23.7 Å². The van der Waals surface area contributed by atoms with E-state index in [2.05, 4.69) is 10.2 Å². The fourth-order valence-electron chi connectivity index (χ4n) is 3.22. The van der Waals surface area contributed by atoms with Gasteiger partial charge in [-0.1, -0.05) is 23.7 Å². The van der Waals surface area contributed by atoms with E-state index < -0.39 is 0 Å². The molecule has 2 aliphatic heterocycles. The Balaban J connectivity index is 1.37. The van der Waals surface area contributed by atoms with Crippen LogP contribution in [0, 0.1) is 0 Å².